The van der Waals surface area contributed by atoms with Crippen LogP contribution in [0, 0.1) is 6.92 Å². The summed E-state index contributed by atoms with van der Waals surface area (Å²) in [5.74, 6) is -1.94. The Morgan fingerprint density at radius 2 is 1.86 bits per heavy atom. The van der Waals surface area contributed by atoms with Crippen molar-refractivity contribution in [3.63, 3.8) is 0 Å². The van der Waals surface area contributed by atoms with Gasteiger partial charge in [-0.25, -0.2) is 19.1 Å². The van der Waals surface area contributed by atoms with E-state index in [2.05, 4.69) is 4.98 Å². The lowest BCUT2D eigenvalue weighted by molar-refractivity contribution is -0.146. The Morgan fingerprint density at radius 1 is 1.19 bits per heavy atom. The van der Waals surface area contributed by atoms with E-state index in [1.165, 1.54) is 30.9 Å². The molecule has 0 saturated heterocycles. The summed E-state index contributed by atoms with van der Waals surface area (Å²) in [5, 5.41) is 9.90. The highest BCUT2D eigenvalue weighted by molar-refractivity contribution is 7.22. The van der Waals surface area contributed by atoms with Crippen molar-refractivity contribution < 1.29 is 27.5 Å². The van der Waals surface area contributed by atoms with Gasteiger partial charge in [-0.05, 0) is 38.3 Å². The highest BCUT2D eigenvalue weighted by atomic mass is 32.1. The van der Waals surface area contributed by atoms with Crippen molar-refractivity contribution in [2.75, 3.05) is 0 Å². The van der Waals surface area contributed by atoms with Crippen molar-refractivity contribution in [2.24, 2.45) is 0 Å². The molecular formula is C25H24F3N3O5S. The van der Waals surface area contributed by atoms with Gasteiger partial charge >= 0.3 is 17.8 Å². The summed E-state index contributed by atoms with van der Waals surface area (Å²) >= 11 is 1.05. The summed E-state index contributed by atoms with van der Waals surface area (Å²) < 4.78 is 46.8. The molecular weight excluding hydrogens is 511 g/mol. The zero-order valence-electron chi connectivity index (χ0n) is 20.2. The number of fused-ring (bicyclic) bond motifs is 1. The Hall–Kier alpha value is -3.67. The van der Waals surface area contributed by atoms with Crippen molar-refractivity contribution in [3.8, 4) is 10.8 Å². The number of halogens is 3. The molecule has 1 aromatic carbocycles. The molecule has 0 saturated carbocycles. The van der Waals surface area contributed by atoms with Crippen LogP contribution in [0.3, 0.4) is 0 Å². The van der Waals surface area contributed by atoms with Crippen LogP contribution in [-0.4, -0.2) is 31.4 Å². The Balaban J connectivity index is 2.00. The molecule has 1 N–H and O–H groups in total. The number of hydrogen-bond acceptors (Lipinski definition) is 6. The summed E-state index contributed by atoms with van der Waals surface area (Å²) in [4.78, 5) is 44.1. The van der Waals surface area contributed by atoms with Crippen molar-refractivity contribution in [2.45, 2.75) is 57.8 Å². The summed E-state index contributed by atoms with van der Waals surface area (Å²) in [6.45, 7) is 3.88. The number of carboxylic acid groups (broad SMARTS) is 1. The molecule has 1 atom stereocenters. The van der Waals surface area contributed by atoms with Crippen molar-refractivity contribution >= 4 is 27.5 Å². The van der Waals surface area contributed by atoms with E-state index < -0.39 is 41.3 Å². The average molecular weight is 536 g/mol. The van der Waals surface area contributed by atoms with Gasteiger partial charge in [-0.15, -0.1) is 11.3 Å². The number of carbonyl (C=O) groups is 1. The molecule has 0 amide bonds. The molecule has 12 heteroatoms. The van der Waals surface area contributed by atoms with Crippen LogP contribution >= 0.6 is 11.3 Å². The molecule has 0 aliphatic rings. The smallest absolute Gasteiger partial charge is 0.389 e. The fourth-order valence-electron chi connectivity index (χ4n) is 4.28. The maximum atomic E-state index is 13.7. The molecule has 3 aromatic heterocycles. The molecule has 4 rings (SSSR count). The topological polar surface area (TPSA) is 107 Å². The number of thiophene rings is 1. The number of alkyl halides is 3. The second-order valence-electron chi connectivity index (χ2n) is 9.23. The van der Waals surface area contributed by atoms with E-state index in [9.17, 15) is 32.7 Å². The van der Waals surface area contributed by atoms with Crippen molar-refractivity contribution in [1.29, 1.82) is 0 Å². The fourth-order valence-corrected chi connectivity index (χ4v) is 5.52. The van der Waals surface area contributed by atoms with Crippen LogP contribution in [0.2, 0.25) is 0 Å². The van der Waals surface area contributed by atoms with Crippen LogP contribution in [0.1, 0.15) is 43.7 Å². The van der Waals surface area contributed by atoms with Crippen molar-refractivity contribution in [3.05, 3.63) is 74.8 Å². The van der Waals surface area contributed by atoms with Gasteiger partial charge < -0.3 is 9.52 Å². The minimum atomic E-state index is -4.41. The van der Waals surface area contributed by atoms with E-state index in [0.717, 1.165) is 11.3 Å². The number of oxazole rings is 1. The largest absolute Gasteiger partial charge is 0.480 e. The number of benzene rings is 1. The number of aliphatic carboxylic acids is 1. The highest BCUT2D eigenvalue weighted by Crippen LogP contribution is 2.37. The standard InChI is InChI=1S/C25H24F3N3O5S/c1-14-17-20(32)31(24(2,3)22(33)34)23(35)30(21(17)37-18(14)19-29-11-12-36-19)13-16(9-10-25(26,27)28)15-7-5-4-6-8-15/h4-8,11-12,16H,9-10,13H2,1-3H3,(H,33,34)/t16-/m1/s1. The van der Waals surface area contributed by atoms with E-state index in [4.69, 9.17) is 4.42 Å². The van der Waals surface area contributed by atoms with Gasteiger partial charge in [0.2, 0.25) is 5.89 Å². The van der Waals surface area contributed by atoms with Crippen LogP contribution in [0.15, 0.2) is 56.8 Å². The van der Waals surface area contributed by atoms with Gasteiger partial charge in [0, 0.05) is 18.9 Å². The maximum Gasteiger partial charge on any atom is 0.389 e. The van der Waals surface area contributed by atoms with Gasteiger partial charge in [-0.1, -0.05) is 30.3 Å². The predicted molar refractivity (Wildman–Crippen MR) is 132 cm³/mol. The lowest BCUT2D eigenvalue weighted by atomic mass is 9.94. The number of nitrogens with zero attached hydrogens (tertiary/aromatic N) is 3. The monoisotopic (exact) mass is 535 g/mol. The molecule has 0 radical (unpaired) electrons. The third-order valence-electron chi connectivity index (χ3n) is 6.37. The molecule has 4 aromatic rings. The van der Waals surface area contributed by atoms with E-state index >= 15 is 0 Å². The number of rotatable bonds is 8. The Bertz CT molecular complexity index is 1550. The SMILES string of the molecule is Cc1c(-c2ncco2)sc2c1c(=O)n(C(C)(C)C(=O)O)c(=O)n2C[C@@H](CCC(F)(F)F)c1ccccc1. The van der Waals surface area contributed by atoms with E-state index in [1.807, 2.05) is 0 Å². The summed E-state index contributed by atoms with van der Waals surface area (Å²) in [5.41, 5.74) is -2.62. The third-order valence-corrected chi connectivity index (χ3v) is 7.67. The second kappa shape index (κ2) is 9.66. The first-order valence-corrected chi connectivity index (χ1v) is 12.2. The molecule has 0 bridgehead atoms. The zero-order valence-corrected chi connectivity index (χ0v) is 21.0. The van der Waals surface area contributed by atoms with Gasteiger partial charge in [-0.2, -0.15) is 13.2 Å². The van der Waals surface area contributed by atoms with Gasteiger partial charge in [0.05, 0.1) is 16.5 Å². The summed E-state index contributed by atoms with van der Waals surface area (Å²) in [6, 6.07) is 8.48. The molecule has 0 unspecified atom stereocenters. The van der Waals surface area contributed by atoms with Crippen molar-refractivity contribution in [1.82, 2.24) is 14.1 Å². The van der Waals surface area contributed by atoms with Gasteiger partial charge in [-0.3, -0.25) is 9.36 Å². The molecule has 0 aliphatic carbocycles. The van der Waals surface area contributed by atoms with E-state index in [-0.39, 0.29) is 29.1 Å². The Labute approximate surface area is 212 Å². The maximum absolute atomic E-state index is 13.7. The van der Waals surface area contributed by atoms with Gasteiger partial charge in [0.15, 0.2) is 0 Å². The van der Waals surface area contributed by atoms with Crippen LogP contribution in [0.25, 0.3) is 21.0 Å². The van der Waals surface area contributed by atoms with Gasteiger partial charge in [0.1, 0.15) is 16.6 Å². The molecule has 8 nitrogen and oxygen atoms in total. The molecule has 196 valence electrons. The Kier molecular flexibility index (Phi) is 6.89. The highest BCUT2D eigenvalue weighted by Gasteiger charge is 2.36. The minimum Gasteiger partial charge on any atom is -0.480 e. The first-order chi connectivity index (χ1) is 17.3. The molecule has 0 aliphatic heterocycles. The fraction of sp³-hybridized carbons (Fsp3) is 0.360. The van der Waals surface area contributed by atoms with E-state index in [1.54, 1.807) is 37.3 Å². The lowest BCUT2D eigenvalue weighted by Crippen LogP contribution is -2.52. The van der Waals surface area contributed by atoms with Crippen LogP contribution in [0.5, 0.6) is 0 Å². The summed E-state index contributed by atoms with van der Waals surface area (Å²) in [7, 11) is 0. The molecule has 0 fully saturated rings. The first kappa shape index (κ1) is 26.4. The molecule has 3 heterocycles. The average Bonchev–Trinajstić information content (AvgIpc) is 3.46. The predicted octanol–water partition coefficient (Wildman–Crippen LogP) is 5.13. The van der Waals surface area contributed by atoms with Gasteiger partial charge in [0.25, 0.3) is 5.56 Å². The third kappa shape index (κ3) is 4.97. The quantitative estimate of drug-likeness (QED) is 0.335. The number of aromatic nitrogens is 3. The van der Waals surface area contributed by atoms with Crippen LogP contribution < -0.4 is 11.2 Å². The lowest BCUT2D eigenvalue weighted by Gasteiger charge is -2.25. The van der Waals surface area contributed by atoms with Crippen LogP contribution in [0.4, 0.5) is 13.2 Å². The van der Waals surface area contributed by atoms with Crippen LogP contribution in [-0.2, 0) is 16.9 Å². The summed E-state index contributed by atoms with van der Waals surface area (Å²) in [6.07, 6.45) is -3.02. The van der Waals surface area contributed by atoms with E-state index in [0.29, 0.717) is 20.6 Å². The Morgan fingerprint density at radius 3 is 2.43 bits per heavy atom. The number of hydrogen-bond donors (Lipinski definition) is 1. The molecule has 0 spiro atoms. The number of aryl methyl sites for hydroxylation is 1. The zero-order chi connectivity index (χ0) is 27.1. The first-order valence-electron chi connectivity index (χ1n) is 11.4. The normalized spacial score (nSPS) is 13.2. The minimum absolute atomic E-state index is 0.0924. The molecule has 37 heavy (non-hydrogen) atoms. The second-order valence-corrected chi connectivity index (χ2v) is 10.2. The number of carboxylic acids is 1.